The molecule has 0 unspecified atom stereocenters. The highest BCUT2D eigenvalue weighted by Crippen LogP contribution is 2.13. The molecule has 0 aliphatic heterocycles. The fourth-order valence-corrected chi connectivity index (χ4v) is 2.94. The number of aromatic nitrogens is 5. The van der Waals surface area contributed by atoms with Gasteiger partial charge < -0.3 is 5.32 Å². The smallest absolute Gasteiger partial charge is 0.269 e. The van der Waals surface area contributed by atoms with Gasteiger partial charge in [0.2, 0.25) is 5.91 Å². The zero-order valence-corrected chi connectivity index (χ0v) is 15.4. The molecule has 1 amide bonds. The average molecular weight is 366 g/mol. The fraction of sp³-hybridized carbons (Fsp3) is 0.316. The summed E-state index contributed by atoms with van der Waals surface area (Å²) >= 11 is 0. The molecule has 27 heavy (non-hydrogen) atoms. The number of carbonyl (C=O) groups excluding carboxylic acids is 1. The lowest BCUT2D eigenvalue weighted by atomic mass is 10.0. The summed E-state index contributed by atoms with van der Waals surface area (Å²) in [5.41, 5.74) is 2.93. The zero-order chi connectivity index (χ0) is 19.2. The molecule has 0 spiro atoms. The number of carbonyl (C=O) groups is 1. The highest BCUT2D eigenvalue weighted by molar-refractivity contribution is 5.75. The van der Waals surface area contributed by atoms with E-state index in [1.54, 1.807) is 0 Å². The Kier molecular flexibility index (Phi) is 5.75. The van der Waals surface area contributed by atoms with Crippen LogP contribution in [-0.4, -0.2) is 30.9 Å². The lowest BCUT2D eigenvalue weighted by Gasteiger charge is -2.11. The van der Waals surface area contributed by atoms with Crippen LogP contribution in [0, 0.1) is 0 Å². The normalized spacial score (nSPS) is 10.7. The number of nitrogens with one attached hydrogen (secondary N) is 2. The molecule has 2 aromatic heterocycles. The van der Waals surface area contributed by atoms with Crippen molar-refractivity contribution in [1.82, 2.24) is 30.3 Å². The number of amides is 1. The summed E-state index contributed by atoms with van der Waals surface area (Å²) < 4.78 is 1.48. The van der Waals surface area contributed by atoms with E-state index in [-0.39, 0.29) is 24.6 Å². The summed E-state index contributed by atoms with van der Waals surface area (Å²) in [7, 11) is 0. The second-order valence-corrected chi connectivity index (χ2v) is 6.07. The predicted octanol–water partition coefficient (Wildman–Crippen LogP) is 1.47. The molecule has 0 atom stereocenters. The summed E-state index contributed by atoms with van der Waals surface area (Å²) in [6.45, 7) is 4.15. The van der Waals surface area contributed by atoms with Gasteiger partial charge >= 0.3 is 0 Å². The Hall–Kier alpha value is -3.29. The third-order valence-electron chi connectivity index (χ3n) is 4.30. The van der Waals surface area contributed by atoms with Crippen LogP contribution in [0.25, 0.3) is 11.4 Å². The first kappa shape index (κ1) is 18.5. The Balaban J connectivity index is 1.66. The molecule has 0 radical (unpaired) electrons. The monoisotopic (exact) mass is 366 g/mol. The van der Waals surface area contributed by atoms with E-state index in [2.05, 4.69) is 25.6 Å². The maximum Gasteiger partial charge on any atom is 0.269 e. The highest BCUT2D eigenvalue weighted by atomic mass is 16.2. The van der Waals surface area contributed by atoms with Gasteiger partial charge in [-0.15, -0.1) is 0 Å². The predicted molar refractivity (Wildman–Crippen MR) is 101 cm³/mol. The number of H-pyrrole nitrogens is 1. The molecule has 0 saturated heterocycles. The standard InChI is InChI=1S/C19H22N6O2/c1-3-14-15(19(27)23-22-16(14)4-2)10-20-17(26)11-25-12-21-18(24-25)13-8-6-5-7-9-13/h5-9,12H,3-4,10-11H2,1-2H3,(H,20,26)(H,23,27). The van der Waals surface area contributed by atoms with Crippen molar-refractivity contribution in [3.05, 3.63) is 63.8 Å². The van der Waals surface area contributed by atoms with E-state index in [1.165, 1.54) is 11.0 Å². The Bertz CT molecular complexity index is 977. The molecular weight excluding hydrogens is 344 g/mol. The van der Waals surface area contributed by atoms with E-state index in [1.807, 2.05) is 44.2 Å². The fourth-order valence-electron chi connectivity index (χ4n) is 2.94. The zero-order valence-electron chi connectivity index (χ0n) is 15.4. The minimum Gasteiger partial charge on any atom is -0.350 e. The molecule has 0 saturated carbocycles. The van der Waals surface area contributed by atoms with Gasteiger partial charge in [0.05, 0.1) is 5.69 Å². The van der Waals surface area contributed by atoms with Crippen LogP contribution in [-0.2, 0) is 30.7 Å². The van der Waals surface area contributed by atoms with Gasteiger partial charge in [0.25, 0.3) is 5.56 Å². The molecule has 8 heteroatoms. The third-order valence-corrected chi connectivity index (χ3v) is 4.30. The summed E-state index contributed by atoms with van der Waals surface area (Å²) in [4.78, 5) is 28.6. The van der Waals surface area contributed by atoms with E-state index in [0.717, 1.165) is 23.2 Å². The summed E-state index contributed by atoms with van der Waals surface area (Å²) in [6, 6.07) is 9.55. The SMILES string of the molecule is CCc1n[nH]c(=O)c(CNC(=O)Cn2cnc(-c3ccccc3)n2)c1CC. The van der Waals surface area contributed by atoms with Gasteiger partial charge in [0.15, 0.2) is 5.82 Å². The Morgan fingerprint density at radius 2 is 1.93 bits per heavy atom. The van der Waals surface area contributed by atoms with Crippen LogP contribution in [0.4, 0.5) is 0 Å². The molecule has 8 nitrogen and oxygen atoms in total. The van der Waals surface area contributed by atoms with E-state index in [4.69, 9.17) is 0 Å². The number of hydrogen-bond acceptors (Lipinski definition) is 5. The van der Waals surface area contributed by atoms with Crippen LogP contribution < -0.4 is 10.9 Å². The maximum absolute atomic E-state index is 12.3. The van der Waals surface area contributed by atoms with E-state index in [0.29, 0.717) is 17.8 Å². The van der Waals surface area contributed by atoms with Gasteiger partial charge in [-0.3, -0.25) is 9.59 Å². The average Bonchev–Trinajstić information content (AvgIpc) is 3.15. The van der Waals surface area contributed by atoms with Crippen molar-refractivity contribution in [2.75, 3.05) is 0 Å². The van der Waals surface area contributed by atoms with Crippen LogP contribution in [0.1, 0.15) is 30.7 Å². The second-order valence-electron chi connectivity index (χ2n) is 6.07. The van der Waals surface area contributed by atoms with Crippen molar-refractivity contribution >= 4 is 5.91 Å². The van der Waals surface area contributed by atoms with Crippen molar-refractivity contribution in [1.29, 1.82) is 0 Å². The van der Waals surface area contributed by atoms with Crippen LogP contribution in [0.2, 0.25) is 0 Å². The number of aromatic amines is 1. The topological polar surface area (TPSA) is 106 Å². The number of nitrogens with zero attached hydrogens (tertiary/aromatic N) is 4. The molecule has 0 bridgehead atoms. The molecule has 0 fully saturated rings. The number of benzene rings is 1. The van der Waals surface area contributed by atoms with E-state index in [9.17, 15) is 9.59 Å². The van der Waals surface area contributed by atoms with Gasteiger partial charge in [-0.2, -0.15) is 10.2 Å². The van der Waals surface area contributed by atoms with E-state index >= 15 is 0 Å². The molecule has 140 valence electrons. The van der Waals surface area contributed by atoms with Gasteiger partial charge in [-0.1, -0.05) is 44.2 Å². The molecule has 0 aliphatic carbocycles. The summed E-state index contributed by atoms with van der Waals surface area (Å²) in [6.07, 6.45) is 2.94. The van der Waals surface area contributed by atoms with Crippen molar-refractivity contribution in [2.24, 2.45) is 0 Å². The molecule has 0 aliphatic rings. The number of rotatable bonds is 7. The van der Waals surface area contributed by atoms with Crippen molar-refractivity contribution < 1.29 is 4.79 Å². The number of aryl methyl sites for hydroxylation is 1. The van der Waals surface area contributed by atoms with E-state index < -0.39 is 0 Å². The Labute approximate surface area is 156 Å². The van der Waals surface area contributed by atoms with Gasteiger partial charge in [0.1, 0.15) is 12.9 Å². The quantitative estimate of drug-likeness (QED) is 0.659. The summed E-state index contributed by atoms with van der Waals surface area (Å²) in [5.74, 6) is 0.325. The minimum atomic E-state index is -0.267. The molecule has 3 aromatic rings. The first-order valence-corrected chi connectivity index (χ1v) is 8.93. The molecule has 1 aromatic carbocycles. The third kappa shape index (κ3) is 4.28. The minimum absolute atomic E-state index is 0.0327. The summed E-state index contributed by atoms with van der Waals surface area (Å²) in [5, 5.41) is 13.7. The first-order valence-electron chi connectivity index (χ1n) is 8.93. The van der Waals surface area contributed by atoms with Crippen LogP contribution in [0.5, 0.6) is 0 Å². The first-order chi connectivity index (χ1) is 13.1. The van der Waals surface area contributed by atoms with Crippen molar-refractivity contribution in [3.8, 4) is 11.4 Å². The van der Waals surface area contributed by atoms with Gasteiger partial charge in [-0.05, 0) is 18.4 Å². The largest absolute Gasteiger partial charge is 0.350 e. The maximum atomic E-state index is 12.3. The Morgan fingerprint density at radius 3 is 2.63 bits per heavy atom. The van der Waals surface area contributed by atoms with Crippen molar-refractivity contribution in [3.63, 3.8) is 0 Å². The van der Waals surface area contributed by atoms with Gasteiger partial charge in [0, 0.05) is 17.7 Å². The van der Waals surface area contributed by atoms with Crippen LogP contribution >= 0.6 is 0 Å². The van der Waals surface area contributed by atoms with Gasteiger partial charge in [-0.25, -0.2) is 14.8 Å². The molecule has 2 N–H and O–H groups in total. The Morgan fingerprint density at radius 1 is 1.15 bits per heavy atom. The number of hydrogen-bond donors (Lipinski definition) is 2. The molecular formula is C19H22N6O2. The van der Waals surface area contributed by atoms with Crippen LogP contribution in [0.3, 0.4) is 0 Å². The molecule has 2 heterocycles. The lowest BCUT2D eigenvalue weighted by Crippen LogP contribution is -2.31. The van der Waals surface area contributed by atoms with Crippen molar-refractivity contribution in [2.45, 2.75) is 39.8 Å². The molecule has 3 rings (SSSR count). The highest BCUT2D eigenvalue weighted by Gasteiger charge is 2.13. The lowest BCUT2D eigenvalue weighted by molar-refractivity contribution is -0.122. The second kappa shape index (κ2) is 8.39. The van der Waals surface area contributed by atoms with Crippen LogP contribution in [0.15, 0.2) is 41.5 Å².